The van der Waals surface area contributed by atoms with Gasteiger partial charge in [-0.25, -0.2) is 9.69 Å². The number of imide groups is 2. The van der Waals surface area contributed by atoms with Gasteiger partial charge in [-0.2, -0.15) is 0 Å². The molecule has 3 aromatic rings. The van der Waals surface area contributed by atoms with Gasteiger partial charge in [-0.3, -0.25) is 14.9 Å². The first-order valence-corrected chi connectivity index (χ1v) is 13.3. The molecule has 4 rings (SSSR count). The van der Waals surface area contributed by atoms with E-state index in [-0.39, 0.29) is 12.2 Å². The fraction of sp³-hybridized carbons (Fsp3) is 0.194. The number of rotatable bonds is 9. The van der Waals surface area contributed by atoms with Crippen LogP contribution in [0.2, 0.25) is 10.0 Å². The Morgan fingerprint density at radius 1 is 0.950 bits per heavy atom. The molecule has 0 spiro atoms. The normalized spacial score (nSPS) is 14.4. The van der Waals surface area contributed by atoms with Crippen LogP contribution in [0.1, 0.15) is 34.7 Å². The third-order valence-corrected chi connectivity index (χ3v) is 6.67. The van der Waals surface area contributed by atoms with E-state index in [2.05, 4.69) is 11.9 Å². The number of nitrogens with one attached hydrogen (secondary N) is 1. The van der Waals surface area contributed by atoms with Crippen LogP contribution in [0.4, 0.5) is 10.5 Å². The predicted octanol–water partition coefficient (Wildman–Crippen LogP) is 6.98. The number of hydrogen-bond donors (Lipinski definition) is 1. The smallest absolute Gasteiger partial charge is 0.335 e. The van der Waals surface area contributed by atoms with Gasteiger partial charge in [0.25, 0.3) is 11.8 Å². The molecule has 7 nitrogen and oxygen atoms in total. The molecule has 206 valence electrons. The predicted molar refractivity (Wildman–Crippen MR) is 157 cm³/mol. The van der Waals surface area contributed by atoms with E-state index in [9.17, 15) is 14.4 Å². The summed E-state index contributed by atoms with van der Waals surface area (Å²) < 4.78 is 12.0. The molecule has 3 aromatic carbocycles. The SMILES string of the molecule is C=CCc1cc(/C=C2\C(=O)NC(=O)N(c3cc(C)cc(C)c3)C2=O)cc(OCC)c1OCc1ccc(Cl)cc1Cl. The lowest BCUT2D eigenvalue weighted by atomic mass is 10.0. The van der Waals surface area contributed by atoms with Crippen LogP contribution < -0.4 is 19.7 Å². The fourth-order valence-corrected chi connectivity index (χ4v) is 4.89. The van der Waals surface area contributed by atoms with E-state index in [4.69, 9.17) is 32.7 Å². The largest absolute Gasteiger partial charge is 0.490 e. The number of carbonyl (C=O) groups is 3. The molecule has 1 aliphatic heterocycles. The molecule has 1 fully saturated rings. The van der Waals surface area contributed by atoms with E-state index in [1.54, 1.807) is 48.5 Å². The number of benzene rings is 3. The molecule has 0 unspecified atom stereocenters. The van der Waals surface area contributed by atoms with Crippen LogP contribution in [-0.4, -0.2) is 24.5 Å². The van der Waals surface area contributed by atoms with E-state index in [0.717, 1.165) is 27.2 Å². The van der Waals surface area contributed by atoms with Gasteiger partial charge in [0.05, 0.1) is 12.3 Å². The second-order valence-electron chi connectivity index (χ2n) is 9.26. The molecule has 0 radical (unpaired) electrons. The lowest BCUT2D eigenvalue weighted by Gasteiger charge is -2.27. The first-order chi connectivity index (χ1) is 19.1. The summed E-state index contributed by atoms with van der Waals surface area (Å²) in [5.74, 6) is -0.595. The minimum absolute atomic E-state index is 0.161. The molecule has 40 heavy (non-hydrogen) atoms. The summed E-state index contributed by atoms with van der Waals surface area (Å²) in [6, 6.07) is 13.2. The number of aryl methyl sites for hydroxylation is 2. The molecule has 0 aromatic heterocycles. The van der Waals surface area contributed by atoms with Gasteiger partial charge in [-0.15, -0.1) is 6.58 Å². The van der Waals surface area contributed by atoms with Crippen LogP contribution >= 0.6 is 23.2 Å². The molecular formula is C31H28Cl2N2O5. The van der Waals surface area contributed by atoms with E-state index < -0.39 is 17.8 Å². The summed E-state index contributed by atoms with van der Waals surface area (Å²) in [4.78, 5) is 39.9. The molecule has 0 aliphatic carbocycles. The lowest BCUT2D eigenvalue weighted by molar-refractivity contribution is -0.122. The minimum atomic E-state index is -0.802. The third kappa shape index (κ3) is 6.38. The average Bonchev–Trinajstić information content (AvgIpc) is 2.87. The molecule has 0 saturated carbocycles. The maximum atomic E-state index is 13.5. The number of anilines is 1. The molecule has 0 bridgehead atoms. The number of carbonyl (C=O) groups excluding carboxylic acids is 3. The van der Waals surface area contributed by atoms with Gasteiger partial charge < -0.3 is 9.47 Å². The second kappa shape index (κ2) is 12.4. The van der Waals surface area contributed by atoms with Gasteiger partial charge in [0.15, 0.2) is 11.5 Å². The molecule has 1 aliphatic rings. The van der Waals surface area contributed by atoms with Crippen molar-refractivity contribution in [2.24, 2.45) is 0 Å². The molecule has 4 amide bonds. The van der Waals surface area contributed by atoms with Crippen molar-refractivity contribution in [3.8, 4) is 11.5 Å². The van der Waals surface area contributed by atoms with Crippen LogP contribution in [0.3, 0.4) is 0 Å². The molecule has 1 heterocycles. The van der Waals surface area contributed by atoms with E-state index >= 15 is 0 Å². The Balaban J connectivity index is 1.73. The van der Waals surface area contributed by atoms with E-state index in [1.807, 2.05) is 26.8 Å². The maximum absolute atomic E-state index is 13.5. The van der Waals surface area contributed by atoms with Crippen LogP contribution in [-0.2, 0) is 22.6 Å². The Morgan fingerprint density at radius 3 is 2.33 bits per heavy atom. The van der Waals surface area contributed by atoms with Crippen LogP contribution in [0.25, 0.3) is 6.08 Å². The number of halogens is 2. The first-order valence-electron chi connectivity index (χ1n) is 12.6. The van der Waals surface area contributed by atoms with Crippen molar-refractivity contribution in [2.75, 3.05) is 11.5 Å². The van der Waals surface area contributed by atoms with Crippen molar-refractivity contribution in [3.05, 3.63) is 105 Å². The highest BCUT2D eigenvalue weighted by molar-refractivity contribution is 6.39. The van der Waals surface area contributed by atoms with Gasteiger partial charge in [0, 0.05) is 21.2 Å². The van der Waals surface area contributed by atoms with Crippen molar-refractivity contribution in [3.63, 3.8) is 0 Å². The zero-order valence-electron chi connectivity index (χ0n) is 22.3. The van der Waals surface area contributed by atoms with Crippen molar-refractivity contribution in [2.45, 2.75) is 33.8 Å². The summed E-state index contributed by atoms with van der Waals surface area (Å²) in [5, 5.41) is 3.27. The minimum Gasteiger partial charge on any atom is -0.490 e. The monoisotopic (exact) mass is 578 g/mol. The van der Waals surface area contributed by atoms with Gasteiger partial charge in [-0.05, 0) is 86.4 Å². The average molecular weight is 579 g/mol. The Hall–Kier alpha value is -4.07. The van der Waals surface area contributed by atoms with E-state index in [0.29, 0.717) is 45.8 Å². The van der Waals surface area contributed by atoms with Crippen molar-refractivity contribution in [1.82, 2.24) is 5.32 Å². The van der Waals surface area contributed by atoms with Gasteiger partial charge in [0.2, 0.25) is 0 Å². The number of barbiturate groups is 1. The van der Waals surface area contributed by atoms with Crippen molar-refractivity contribution >= 4 is 52.8 Å². The van der Waals surface area contributed by atoms with Gasteiger partial charge in [0.1, 0.15) is 12.2 Å². The summed E-state index contributed by atoms with van der Waals surface area (Å²) in [5.41, 5.74) is 3.93. The molecule has 0 atom stereocenters. The van der Waals surface area contributed by atoms with E-state index in [1.165, 1.54) is 6.08 Å². The number of nitrogens with zero attached hydrogens (tertiary/aromatic N) is 1. The molecule has 9 heteroatoms. The Bertz CT molecular complexity index is 1530. The lowest BCUT2D eigenvalue weighted by Crippen LogP contribution is -2.54. The fourth-order valence-electron chi connectivity index (χ4n) is 4.43. The number of urea groups is 1. The maximum Gasteiger partial charge on any atom is 0.335 e. The van der Waals surface area contributed by atoms with Gasteiger partial charge >= 0.3 is 6.03 Å². The third-order valence-electron chi connectivity index (χ3n) is 6.08. The summed E-state index contributed by atoms with van der Waals surface area (Å²) >= 11 is 12.3. The molecule has 1 saturated heterocycles. The summed E-state index contributed by atoms with van der Waals surface area (Å²) in [7, 11) is 0. The number of hydrogen-bond acceptors (Lipinski definition) is 5. The standard InChI is InChI=1S/C31H28Cl2N2O5/c1-5-7-21-13-20(15-27(39-6-2)28(21)40-17-22-8-9-23(32)16-26(22)33)14-25-29(36)34-31(38)35(30(25)37)24-11-18(3)10-19(4)12-24/h5,8-16H,1,6-7,17H2,2-4H3,(H,34,36,38)/b25-14+. The highest BCUT2D eigenvalue weighted by Gasteiger charge is 2.37. The first kappa shape index (κ1) is 28.9. The molecular weight excluding hydrogens is 551 g/mol. The van der Waals surface area contributed by atoms with Gasteiger partial charge in [-0.1, -0.05) is 41.4 Å². The second-order valence-corrected chi connectivity index (χ2v) is 10.1. The Morgan fingerprint density at radius 2 is 1.68 bits per heavy atom. The number of allylic oxidation sites excluding steroid dienone is 1. The summed E-state index contributed by atoms with van der Waals surface area (Å²) in [6.45, 7) is 9.92. The highest BCUT2D eigenvalue weighted by Crippen LogP contribution is 2.36. The summed E-state index contributed by atoms with van der Waals surface area (Å²) in [6.07, 6.45) is 3.58. The molecule has 1 N–H and O–H groups in total. The highest BCUT2D eigenvalue weighted by atomic mass is 35.5. The van der Waals surface area contributed by atoms with Crippen molar-refractivity contribution in [1.29, 1.82) is 0 Å². The Labute approximate surface area is 243 Å². The zero-order valence-corrected chi connectivity index (χ0v) is 23.9. The van der Waals surface area contributed by atoms with Crippen LogP contribution in [0.15, 0.2) is 66.8 Å². The Kier molecular flexibility index (Phi) is 8.97. The number of ether oxygens (including phenoxy) is 2. The van der Waals surface area contributed by atoms with Crippen molar-refractivity contribution < 1.29 is 23.9 Å². The van der Waals surface area contributed by atoms with Crippen LogP contribution in [0.5, 0.6) is 11.5 Å². The zero-order chi connectivity index (χ0) is 29.0. The quantitative estimate of drug-likeness (QED) is 0.168. The van der Waals surface area contributed by atoms with Crippen LogP contribution in [0, 0.1) is 13.8 Å². The number of amides is 4. The topological polar surface area (TPSA) is 84.9 Å².